The molecule has 0 N–H and O–H groups in total. The molecule has 0 aliphatic heterocycles. The third-order valence-corrected chi connectivity index (χ3v) is 1.15. The Labute approximate surface area is 102 Å². The van der Waals surface area contributed by atoms with Gasteiger partial charge in [0.1, 0.15) is 0 Å². The van der Waals surface area contributed by atoms with Crippen molar-refractivity contribution in [2.45, 2.75) is 40.5 Å². The maximum Gasteiger partial charge on any atom is 2.00 e. The molecule has 0 atom stereocenters. The Morgan fingerprint density at radius 2 is 0.917 bits per heavy atom. The Morgan fingerprint density at radius 3 is 0.917 bits per heavy atom. The van der Waals surface area contributed by atoms with Crippen LogP contribution in [0.5, 0.6) is 0 Å². The third kappa shape index (κ3) is 43.5. The molecule has 0 aromatic heterocycles. The molecule has 0 bridgehead atoms. The van der Waals surface area contributed by atoms with Gasteiger partial charge in [-0.05, 0) is 0 Å². The molecule has 0 nitrogen and oxygen atoms in total. The Morgan fingerprint density at radius 1 is 0.833 bits per heavy atom. The van der Waals surface area contributed by atoms with Gasteiger partial charge in [0.15, 0.2) is 0 Å². The summed E-state index contributed by atoms with van der Waals surface area (Å²) in [7, 11) is 0. The summed E-state index contributed by atoms with van der Waals surface area (Å²) in [5.41, 5.74) is 0. The van der Waals surface area contributed by atoms with Crippen LogP contribution in [0.4, 0.5) is 0 Å². The standard InChI is InChI=1S/2C5H11.Cu.Li/c2*1-4-5(2)3;;/h2*5H,1,4H2,2-3H3;;/q2*-1;+2;. The predicted molar refractivity (Wildman–Crippen MR) is 55.4 cm³/mol. The number of hydrogen-bond donors (Lipinski definition) is 0. The zero-order chi connectivity index (χ0) is 8.57. The van der Waals surface area contributed by atoms with Crippen molar-refractivity contribution in [2.24, 2.45) is 11.8 Å². The van der Waals surface area contributed by atoms with E-state index in [9.17, 15) is 0 Å². The van der Waals surface area contributed by atoms with E-state index < -0.39 is 0 Å². The molecule has 0 saturated carbocycles. The molecule has 0 fully saturated rings. The second-order valence-corrected chi connectivity index (χ2v) is 3.37. The van der Waals surface area contributed by atoms with Crippen LogP contribution >= 0.6 is 0 Å². The largest absolute Gasteiger partial charge is 2.00 e. The molecule has 0 unspecified atom stereocenters. The van der Waals surface area contributed by atoms with Crippen molar-refractivity contribution in [2.75, 3.05) is 0 Å². The summed E-state index contributed by atoms with van der Waals surface area (Å²) in [5.74, 6) is 1.55. The second-order valence-electron chi connectivity index (χ2n) is 3.37. The van der Waals surface area contributed by atoms with Crippen molar-refractivity contribution in [1.82, 2.24) is 0 Å². The summed E-state index contributed by atoms with van der Waals surface area (Å²) in [5, 5.41) is 0. The fourth-order valence-electron chi connectivity index (χ4n) is 0. The maximum atomic E-state index is 3.69. The first-order valence-corrected chi connectivity index (χ1v) is 4.13. The van der Waals surface area contributed by atoms with E-state index in [0.717, 1.165) is 24.7 Å². The SMILES string of the molecule is [CH2-]CC(C)C.[CH2-]CC(C)C.[Cu+2].[Li]. The zero-order valence-electron chi connectivity index (χ0n) is 9.28. The molecule has 0 rings (SSSR count). The van der Waals surface area contributed by atoms with Gasteiger partial charge in [-0.15, -0.1) is 0 Å². The smallest absolute Gasteiger partial charge is 0.343 e. The van der Waals surface area contributed by atoms with Crippen LogP contribution in [0.3, 0.4) is 0 Å². The van der Waals surface area contributed by atoms with Crippen LogP contribution in [0, 0.1) is 25.7 Å². The minimum absolute atomic E-state index is 0. The van der Waals surface area contributed by atoms with Gasteiger partial charge in [0.05, 0.1) is 0 Å². The van der Waals surface area contributed by atoms with Crippen LogP contribution in [0.15, 0.2) is 0 Å². The molecule has 74 valence electrons. The maximum absolute atomic E-state index is 3.69. The fraction of sp³-hybridized carbons (Fsp3) is 0.800. The molecular formula is C10H22CuLi. The average Bonchev–Trinajstić information content (AvgIpc) is 1.89. The molecular weight excluding hydrogens is 191 g/mol. The predicted octanol–water partition coefficient (Wildman–Crippen LogP) is 3.35. The quantitative estimate of drug-likeness (QED) is 0.487. The third-order valence-electron chi connectivity index (χ3n) is 1.15. The molecule has 0 spiro atoms. The molecule has 0 aliphatic carbocycles. The Bertz CT molecular complexity index is 45.8. The van der Waals surface area contributed by atoms with Crippen LogP contribution in [0.1, 0.15) is 40.5 Å². The molecule has 12 heavy (non-hydrogen) atoms. The van der Waals surface area contributed by atoms with Crippen LogP contribution in [0.2, 0.25) is 0 Å². The first-order valence-electron chi connectivity index (χ1n) is 4.13. The summed E-state index contributed by atoms with van der Waals surface area (Å²) in [6, 6.07) is 0. The molecule has 0 aromatic rings. The summed E-state index contributed by atoms with van der Waals surface area (Å²) in [6.07, 6.45) is 2.11. The Hall–Kier alpha value is 1.12. The van der Waals surface area contributed by atoms with E-state index in [1.165, 1.54) is 0 Å². The number of hydrogen-bond acceptors (Lipinski definition) is 0. The van der Waals surface area contributed by atoms with Crippen LogP contribution < -0.4 is 0 Å². The first-order chi connectivity index (χ1) is 4.54. The summed E-state index contributed by atoms with van der Waals surface area (Å²) >= 11 is 0. The monoisotopic (exact) mass is 212 g/mol. The van der Waals surface area contributed by atoms with E-state index in [4.69, 9.17) is 0 Å². The van der Waals surface area contributed by atoms with Gasteiger partial charge in [0.25, 0.3) is 0 Å². The number of rotatable bonds is 2. The van der Waals surface area contributed by atoms with Crippen molar-refractivity contribution in [1.29, 1.82) is 0 Å². The molecule has 0 aliphatic rings. The first kappa shape index (κ1) is 23.2. The van der Waals surface area contributed by atoms with Gasteiger partial charge in [-0.1, -0.05) is 39.5 Å². The van der Waals surface area contributed by atoms with Crippen molar-refractivity contribution < 1.29 is 17.1 Å². The molecule has 0 aromatic carbocycles. The van der Waals surface area contributed by atoms with E-state index in [1.807, 2.05) is 0 Å². The minimum atomic E-state index is 0. The van der Waals surface area contributed by atoms with Gasteiger partial charge in [-0.25, -0.2) is 0 Å². The van der Waals surface area contributed by atoms with E-state index in [2.05, 4.69) is 41.5 Å². The minimum Gasteiger partial charge on any atom is -0.343 e. The Kier molecular flexibility index (Phi) is 34.8. The van der Waals surface area contributed by atoms with E-state index >= 15 is 0 Å². The van der Waals surface area contributed by atoms with Gasteiger partial charge in [0.2, 0.25) is 0 Å². The van der Waals surface area contributed by atoms with E-state index in [-0.39, 0.29) is 35.9 Å². The second kappa shape index (κ2) is 18.0. The molecule has 0 saturated heterocycles. The summed E-state index contributed by atoms with van der Waals surface area (Å²) in [6.45, 7) is 16.0. The van der Waals surface area contributed by atoms with Crippen LogP contribution in [-0.4, -0.2) is 18.9 Å². The molecule has 2 radical (unpaired) electrons. The molecule has 0 heterocycles. The Balaban J connectivity index is -0.0000000457. The van der Waals surface area contributed by atoms with Gasteiger partial charge in [-0.3, -0.25) is 0 Å². The topological polar surface area (TPSA) is 0 Å². The van der Waals surface area contributed by atoms with E-state index in [0.29, 0.717) is 0 Å². The molecule has 0 amide bonds. The fourth-order valence-corrected chi connectivity index (χ4v) is 0. The van der Waals surface area contributed by atoms with Gasteiger partial charge >= 0.3 is 17.1 Å². The van der Waals surface area contributed by atoms with Crippen LogP contribution in [-0.2, 0) is 17.1 Å². The van der Waals surface area contributed by atoms with Gasteiger partial charge in [0, 0.05) is 18.9 Å². The van der Waals surface area contributed by atoms with Gasteiger partial charge in [-0.2, -0.15) is 12.8 Å². The van der Waals surface area contributed by atoms with Crippen molar-refractivity contribution in [3.63, 3.8) is 0 Å². The van der Waals surface area contributed by atoms with Crippen molar-refractivity contribution in [3.05, 3.63) is 13.8 Å². The zero-order valence-corrected chi connectivity index (χ0v) is 10.2. The average molecular weight is 213 g/mol. The summed E-state index contributed by atoms with van der Waals surface area (Å²) < 4.78 is 0. The normalized spacial score (nSPS) is 8.00. The van der Waals surface area contributed by atoms with Crippen molar-refractivity contribution >= 4 is 18.9 Å². The van der Waals surface area contributed by atoms with Crippen molar-refractivity contribution in [3.8, 4) is 0 Å². The van der Waals surface area contributed by atoms with E-state index in [1.54, 1.807) is 0 Å². The summed E-state index contributed by atoms with van der Waals surface area (Å²) in [4.78, 5) is 0. The van der Waals surface area contributed by atoms with Gasteiger partial charge < -0.3 is 13.8 Å². The van der Waals surface area contributed by atoms with Crippen LogP contribution in [0.25, 0.3) is 0 Å². The molecule has 2 heteroatoms.